The quantitative estimate of drug-likeness (QED) is 0.771. The van der Waals surface area contributed by atoms with Crippen LogP contribution < -0.4 is 0 Å². The van der Waals surface area contributed by atoms with E-state index in [0.717, 1.165) is 28.4 Å². The van der Waals surface area contributed by atoms with Gasteiger partial charge in [0.2, 0.25) is 0 Å². The Morgan fingerprint density at radius 3 is 2.65 bits per heavy atom. The third-order valence-corrected chi connectivity index (χ3v) is 4.86. The first kappa shape index (κ1) is 14.0. The minimum Gasteiger partial charge on any atom is -0.294 e. The van der Waals surface area contributed by atoms with Crippen LogP contribution in [-0.2, 0) is 9.05 Å². The predicted molar refractivity (Wildman–Crippen MR) is 79.2 cm³/mol. The van der Waals surface area contributed by atoms with Crippen LogP contribution in [-0.4, -0.2) is 23.2 Å². The summed E-state index contributed by atoms with van der Waals surface area (Å²) in [6, 6.07) is 5.89. The number of nitrogens with zero attached hydrogens (tertiary/aromatic N) is 3. The molecular weight excluding hydrogens is 366 g/mol. The molecule has 1 fully saturated rings. The van der Waals surface area contributed by atoms with Crippen LogP contribution in [0.4, 0.5) is 0 Å². The summed E-state index contributed by atoms with van der Waals surface area (Å²) >= 11 is 3.42. The van der Waals surface area contributed by atoms with Crippen LogP contribution in [0.25, 0.3) is 11.4 Å². The van der Waals surface area contributed by atoms with E-state index in [1.54, 1.807) is 4.57 Å². The Kier molecular flexibility index (Phi) is 3.38. The zero-order valence-corrected chi connectivity index (χ0v) is 13.7. The van der Waals surface area contributed by atoms with Gasteiger partial charge < -0.3 is 0 Å². The topological polar surface area (TPSA) is 64.8 Å². The van der Waals surface area contributed by atoms with Crippen molar-refractivity contribution < 1.29 is 8.42 Å². The number of rotatable bonds is 3. The third-order valence-electron chi connectivity index (χ3n) is 3.24. The fourth-order valence-corrected chi connectivity index (χ4v) is 3.41. The van der Waals surface area contributed by atoms with Gasteiger partial charge in [0.05, 0.1) is 0 Å². The van der Waals surface area contributed by atoms with Crippen LogP contribution in [0.3, 0.4) is 0 Å². The molecule has 1 aliphatic rings. The second kappa shape index (κ2) is 4.82. The molecule has 0 N–H and O–H groups in total. The average Bonchev–Trinajstić information content (AvgIpc) is 3.09. The zero-order valence-electron chi connectivity index (χ0n) is 10.5. The molecule has 0 radical (unpaired) electrons. The van der Waals surface area contributed by atoms with E-state index >= 15 is 0 Å². The number of aryl methyl sites for hydroxylation is 1. The van der Waals surface area contributed by atoms with Gasteiger partial charge in [-0.05, 0) is 37.5 Å². The summed E-state index contributed by atoms with van der Waals surface area (Å²) in [5.74, 6) is 0.547. The Morgan fingerprint density at radius 1 is 1.35 bits per heavy atom. The third kappa shape index (κ3) is 2.49. The van der Waals surface area contributed by atoms with E-state index in [0.29, 0.717) is 5.82 Å². The van der Waals surface area contributed by atoms with Gasteiger partial charge in [-0.15, -0.1) is 10.2 Å². The molecule has 2 aromatic rings. The van der Waals surface area contributed by atoms with E-state index in [9.17, 15) is 8.42 Å². The lowest BCUT2D eigenvalue weighted by Crippen LogP contribution is -2.06. The van der Waals surface area contributed by atoms with E-state index in [2.05, 4.69) is 26.1 Å². The molecule has 0 aliphatic heterocycles. The number of hydrogen-bond donors (Lipinski definition) is 0. The van der Waals surface area contributed by atoms with Gasteiger partial charge in [0.25, 0.3) is 14.2 Å². The molecule has 0 atom stereocenters. The van der Waals surface area contributed by atoms with Crippen molar-refractivity contribution in [3.05, 3.63) is 28.2 Å². The van der Waals surface area contributed by atoms with Crippen molar-refractivity contribution in [1.82, 2.24) is 14.8 Å². The van der Waals surface area contributed by atoms with Gasteiger partial charge in [0, 0.05) is 26.8 Å². The molecule has 5 nitrogen and oxygen atoms in total. The highest BCUT2D eigenvalue weighted by Crippen LogP contribution is 2.41. The first-order chi connectivity index (χ1) is 9.38. The van der Waals surface area contributed by atoms with Crippen LogP contribution >= 0.6 is 26.6 Å². The molecule has 1 aromatic heterocycles. The van der Waals surface area contributed by atoms with Crippen molar-refractivity contribution >= 4 is 35.7 Å². The number of halogens is 2. The largest absolute Gasteiger partial charge is 0.296 e. The molecule has 0 unspecified atom stereocenters. The van der Waals surface area contributed by atoms with Gasteiger partial charge in [-0.3, -0.25) is 4.57 Å². The zero-order chi connectivity index (χ0) is 14.5. The lowest BCUT2D eigenvalue weighted by molar-refractivity contribution is 0.579. The average molecular weight is 377 g/mol. The van der Waals surface area contributed by atoms with Gasteiger partial charge in [-0.1, -0.05) is 22.0 Å². The molecular formula is C12H11BrClN3O2S. The Labute approximate surface area is 129 Å². The Bertz CT molecular complexity index is 784. The summed E-state index contributed by atoms with van der Waals surface area (Å²) in [6.07, 6.45) is 1.83. The molecule has 1 aromatic carbocycles. The van der Waals surface area contributed by atoms with E-state index in [-0.39, 0.29) is 11.2 Å². The molecule has 1 aliphatic carbocycles. The summed E-state index contributed by atoms with van der Waals surface area (Å²) < 4.78 is 25.8. The molecule has 106 valence electrons. The van der Waals surface area contributed by atoms with E-state index in [1.165, 1.54) is 0 Å². The van der Waals surface area contributed by atoms with Gasteiger partial charge >= 0.3 is 0 Å². The maximum atomic E-state index is 11.6. The molecule has 0 amide bonds. The Hall–Kier alpha value is -0.920. The van der Waals surface area contributed by atoms with E-state index in [1.807, 2.05) is 25.1 Å². The fraction of sp³-hybridized carbons (Fsp3) is 0.333. The van der Waals surface area contributed by atoms with Crippen molar-refractivity contribution in [2.75, 3.05) is 0 Å². The Balaban J connectivity index is 2.25. The van der Waals surface area contributed by atoms with Gasteiger partial charge in [0.15, 0.2) is 5.82 Å². The Morgan fingerprint density at radius 2 is 2.05 bits per heavy atom. The van der Waals surface area contributed by atoms with Gasteiger partial charge in [0.1, 0.15) is 0 Å². The van der Waals surface area contributed by atoms with Crippen molar-refractivity contribution in [2.45, 2.75) is 31.0 Å². The molecule has 1 saturated carbocycles. The summed E-state index contributed by atoms with van der Waals surface area (Å²) in [6.45, 7) is 1.95. The fourth-order valence-electron chi connectivity index (χ4n) is 2.12. The first-order valence-electron chi connectivity index (χ1n) is 6.04. The van der Waals surface area contributed by atoms with Crippen molar-refractivity contribution in [2.24, 2.45) is 0 Å². The van der Waals surface area contributed by atoms with Gasteiger partial charge in [-0.2, -0.15) is 0 Å². The minimum atomic E-state index is -3.90. The van der Waals surface area contributed by atoms with Crippen molar-refractivity contribution in [1.29, 1.82) is 0 Å². The van der Waals surface area contributed by atoms with Crippen LogP contribution in [0.1, 0.15) is 24.4 Å². The summed E-state index contributed by atoms with van der Waals surface area (Å²) in [5.41, 5.74) is 1.85. The first-order valence-corrected chi connectivity index (χ1v) is 9.14. The number of hydrogen-bond acceptors (Lipinski definition) is 4. The number of aromatic nitrogens is 3. The molecule has 3 rings (SSSR count). The summed E-state index contributed by atoms with van der Waals surface area (Å²) in [5, 5.41) is 7.65. The molecule has 0 saturated heterocycles. The van der Waals surface area contributed by atoms with Crippen LogP contribution in [0.2, 0.25) is 0 Å². The van der Waals surface area contributed by atoms with Crippen LogP contribution in [0, 0.1) is 6.92 Å². The molecule has 0 bridgehead atoms. The molecule has 8 heteroatoms. The summed E-state index contributed by atoms with van der Waals surface area (Å²) in [4.78, 5) is 0. The maximum Gasteiger partial charge on any atom is 0.296 e. The highest BCUT2D eigenvalue weighted by Gasteiger charge is 2.34. The normalized spacial score (nSPS) is 15.6. The molecule has 1 heterocycles. The maximum absolute atomic E-state index is 11.6. The van der Waals surface area contributed by atoms with Crippen molar-refractivity contribution in [3.8, 4) is 11.4 Å². The lowest BCUT2D eigenvalue weighted by Gasteiger charge is -2.09. The predicted octanol–water partition coefficient (Wildman–Crippen LogP) is 3.28. The number of benzene rings is 1. The van der Waals surface area contributed by atoms with Crippen molar-refractivity contribution in [3.63, 3.8) is 0 Å². The SMILES string of the molecule is Cc1ccc(Br)cc1-c1nnc(S(=O)(=O)Cl)n1C1CC1. The van der Waals surface area contributed by atoms with E-state index < -0.39 is 9.05 Å². The highest BCUT2D eigenvalue weighted by atomic mass is 79.9. The monoisotopic (exact) mass is 375 g/mol. The second-order valence-corrected chi connectivity index (χ2v) is 8.18. The summed E-state index contributed by atoms with van der Waals surface area (Å²) in [7, 11) is 1.55. The molecule has 20 heavy (non-hydrogen) atoms. The highest BCUT2D eigenvalue weighted by molar-refractivity contribution is 9.10. The van der Waals surface area contributed by atoms with Crippen LogP contribution in [0.15, 0.2) is 27.8 Å². The van der Waals surface area contributed by atoms with Crippen LogP contribution in [0.5, 0.6) is 0 Å². The smallest absolute Gasteiger partial charge is 0.294 e. The van der Waals surface area contributed by atoms with Gasteiger partial charge in [-0.25, -0.2) is 8.42 Å². The van der Waals surface area contributed by atoms with E-state index in [4.69, 9.17) is 10.7 Å². The standard InChI is InChI=1S/C12H11BrClN3O2S/c1-7-2-3-8(13)6-10(7)11-15-16-12(20(14,18)19)17(11)9-4-5-9/h2-3,6,9H,4-5H2,1H3. The second-order valence-electron chi connectivity index (χ2n) is 4.80. The minimum absolute atomic E-state index is 0.113. The molecule has 0 spiro atoms. The lowest BCUT2D eigenvalue weighted by atomic mass is 10.1.